The zero-order valence-corrected chi connectivity index (χ0v) is 14.4. The number of nitrogens with two attached hydrogens (primary N) is 1. The normalized spacial score (nSPS) is 19.0. The Hall–Kier alpha value is -2.54. The number of hydrogen-bond acceptors (Lipinski definition) is 7. The van der Waals surface area contributed by atoms with Gasteiger partial charge in [0, 0.05) is 25.6 Å². The standard InChI is InChI=1S/C18H23N5O2/c1-23(10-12-11-24-15-4-2-3-5-16(15)25-12)17-13-6-8-20-9-7-14(13)21-18(19)22-17/h2-5,12,20H,6-11H2,1H3,(H2,19,21,22). The summed E-state index contributed by atoms with van der Waals surface area (Å²) in [6.07, 6.45) is 1.72. The maximum Gasteiger partial charge on any atom is 0.222 e. The van der Waals surface area contributed by atoms with Gasteiger partial charge < -0.3 is 25.4 Å². The highest BCUT2D eigenvalue weighted by Gasteiger charge is 2.25. The van der Waals surface area contributed by atoms with E-state index in [4.69, 9.17) is 15.2 Å². The fourth-order valence-corrected chi connectivity index (χ4v) is 3.40. The molecule has 0 saturated heterocycles. The molecule has 0 saturated carbocycles. The lowest BCUT2D eigenvalue weighted by atomic mass is 10.1. The Morgan fingerprint density at radius 3 is 2.88 bits per heavy atom. The van der Waals surface area contributed by atoms with Crippen LogP contribution < -0.4 is 25.4 Å². The second-order valence-electron chi connectivity index (χ2n) is 6.46. The minimum absolute atomic E-state index is 0.0596. The number of nitrogen functional groups attached to an aromatic ring is 1. The summed E-state index contributed by atoms with van der Waals surface area (Å²) in [6, 6.07) is 7.75. The Morgan fingerprint density at radius 2 is 2.00 bits per heavy atom. The van der Waals surface area contributed by atoms with Crippen LogP contribution in [-0.4, -0.2) is 49.4 Å². The predicted octanol–water partition coefficient (Wildman–Crippen LogP) is 1.02. The van der Waals surface area contributed by atoms with Crippen LogP contribution in [0, 0.1) is 0 Å². The van der Waals surface area contributed by atoms with Gasteiger partial charge in [0.2, 0.25) is 5.95 Å². The van der Waals surface area contributed by atoms with Gasteiger partial charge in [0.15, 0.2) is 17.6 Å². The van der Waals surface area contributed by atoms with Crippen molar-refractivity contribution < 1.29 is 9.47 Å². The molecule has 2 aliphatic rings. The summed E-state index contributed by atoms with van der Waals surface area (Å²) >= 11 is 0. The van der Waals surface area contributed by atoms with Gasteiger partial charge in [-0.2, -0.15) is 4.98 Å². The minimum Gasteiger partial charge on any atom is -0.486 e. The van der Waals surface area contributed by atoms with Crippen molar-refractivity contribution in [2.75, 3.05) is 43.9 Å². The van der Waals surface area contributed by atoms with Crippen LogP contribution in [0.25, 0.3) is 0 Å². The summed E-state index contributed by atoms with van der Waals surface area (Å²) in [4.78, 5) is 11.0. The first-order chi connectivity index (χ1) is 12.2. The van der Waals surface area contributed by atoms with Crippen molar-refractivity contribution in [1.29, 1.82) is 0 Å². The number of nitrogens with one attached hydrogen (secondary N) is 1. The van der Waals surface area contributed by atoms with Crippen LogP contribution in [0.2, 0.25) is 0 Å². The Bertz CT molecular complexity index is 767. The number of ether oxygens (including phenoxy) is 2. The van der Waals surface area contributed by atoms with E-state index in [0.717, 1.165) is 48.9 Å². The summed E-state index contributed by atoms with van der Waals surface area (Å²) in [5.74, 6) is 2.81. The van der Waals surface area contributed by atoms with E-state index >= 15 is 0 Å². The quantitative estimate of drug-likeness (QED) is 0.862. The molecule has 25 heavy (non-hydrogen) atoms. The molecule has 0 radical (unpaired) electrons. The van der Waals surface area contributed by atoms with E-state index in [1.54, 1.807) is 0 Å². The molecule has 2 aromatic rings. The average Bonchev–Trinajstić information content (AvgIpc) is 2.86. The third-order valence-corrected chi connectivity index (χ3v) is 4.59. The second-order valence-corrected chi connectivity index (χ2v) is 6.46. The number of benzene rings is 1. The fourth-order valence-electron chi connectivity index (χ4n) is 3.40. The maximum absolute atomic E-state index is 6.07. The molecule has 3 heterocycles. The number of anilines is 2. The third kappa shape index (κ3) is 3.32. The Morgan fingerprint density at radius 1 is 1.20 bits per heavy atom. The molecule has 0 amide bonds. The van der Waals surface area contributed by atoms with E-state index in [2.05, 4.69) is 20.2 Å². The van der Waals surface area contributed by atoms with Crippen molar-refractivity contribution in [2.45, 2.75) is 18.9 Å². The number of fused-ring (bicyclic) bond motifs is 2. The minimum atomic E-state index is -0.0596. The van der Waals surface area contributed by atoms with Crippen molar-refractivity contribution in [3.05, 3.63) is 35.5 Å². The zero-order valence-electron chi connectivity index (χ0n) is 14.4. The molecule has 7 heteroatoms. The first-order valence-electron chi connectivity index (χ1n) is 8.66. The van der Waals surface area contributed by atoms with Crippen LogP contribution in [0.4, 0.5) is 11.8 Å². The number of aromatic nitrogens is 2. The van der Waals surface area contributed by atoms with E-state index in [1.807, 2.05) is 31.3 Å². The average molecular weight is 341 g/mol. The number of rotatable bonds is 3. The van der Waals surface area contributed by atoms with Gasteiger partial charge in [-0.1, -0.05) is 12.1 Å². The van der Waals surface area contributed by atoms with Gasteiger partial charge in [-0.05, 0) is 25.1 Å². The smallest absolute Gasteiger partial charge is 0.222 e. The lowest BCUT2D eigenvalue weighted by Crippen LogP contribution is -2.40. The van der Waals surface area contributed by atoms with Crippen LogP contribution in [0.15, 0.2) is 24.3 Å². The zero-order chi connectivity index (χ0) is 17.2. The number of nitrogens with zero attached hydrogens (tertiary/aromatic N) is 3. The molecule has 2 aliphatic heterocycles. The monoisotopic (exact) mass is 341 g/mol. The molecule has 1 atom stereocenters. The second kappa shape index (κ2) is 6.76. The summed E-state index contributed by atoms with van der Waals surface area (Å²) in [6.45, 7) is 3.04. The molecule has 1 aromatic heterocycles. The van der Waals surface area contributed by atoms with Gasteiger partial charge in [0.25, 0.3) is 0 Å². The Balaban J connectivity index is 1.54. The molecule has 4 rings (SSSR count). The molecular weight excluding hydrogens is 318 g/mol. The summed E-state index contributed by atoms with van der Waals surface area (Å²) < 4.78 is 11.9. The highest BCUT2D eigenvalue weighted by atomic mass is 16.6. The van der Waals surface area contributed by atoms with E-state index in [0.29, 0.717) is 19.1 Å². The van der Waals surface area contributed by atoms with Gasteiger partial charge in [-0.3, -0.25) is 0 Å². The van der Waals surface area contributed by atoms with Crippen LogP contribution in [0.3, 0.4) is 0 Å². The van der Waals surface area contributed by atoms with Crippen molar-refractivity contribution in [3.63, 3.8) is 0 Å². The van der Waals surface area contributed by atoms with Crippen LogP contribution in [0.1, 0.15) is 11.3 Å². The van der Waals surface area contributed by atoms with E-state index < -0.39 is 0 Å². The fraction of sp³-hybridized carbons (Fsp3) is 0.444. The lowest BCUT2D eigenvalue weighted by Gasteiger charge is -2.31. The predicted molar refractivity (Wildman–Crippen MR) is 96.3 cm³/mol. The van der Waals surface area contributed by atoms with Crippen molar-refractivity contribution >= 4 is 11.8 Å². The largest absolute Gasteiger partial charge is 0.486 e. The molecule has 132 valence electrons. The molecule has 0 bridgehead atoms. The van der Waals surface area contributed by atoms with Gasteiger partial charge >= 0.3 is 0 Å². The topological polar surface area (TPSA) is 85.5 Å². The van der Waals surface area contributed by atoms with Crippen LogP contribution in [0.5, 0.6) is 11.5 Å². The van der Waals surface area contributed by atoms with Crippen LogP contribution >= 0.6 is 0 Å². The van der Waals surface area contributed by atoms with Crippen molar-refractivity contribution in [3.8, 4) is 11.5 Å². The number of likely N-dealkylation sites (N-methyl/N-ethyl adjacent to an activating group) is 1. The van der Waals surface area contributed by atoms with E-state index in [1.165, 1.54) is 5.56 Å². The summed E-state index contributed by atoms with van der Waals surface area (Å²) in [5, 5.41) is 3.40. The maximum atomic E-state index is 6.07. The Labute approximate surface area is 147 Å². The summed E-state index contributed by atoms with van der Waals surface area (Å²) in [5.41, 5.74) is 8.17. The highest BCUT2D eigenvalue weighted by Crippen LogP contribution is 2.31. The lowest BCUT2D eigenvalue weighted by molar-refractivity contribution is 0.0959. The molecule has 1 unspecified atom stereocenters. The first kappa shape index (κ1) is 16.0. The molecule has 7 nitrogen and oxygen atoms in total. The van der Waals surface area contributed by atoms with Crippen LogP contribution in [-0.2, 0) is 12.8 Å². The highest BCUT2D eigenvalue weighted by molar-refractivity contribution is 5.52. The summed E-state index contributed by atoms with van der Waals surface area (Å²) in [7, 11) is 2.02. The first-order valence-corrected chi connectivity index (χ1v) is 8.66. The molecule has 0 aliphatic carbocycles. The SMILES string of the molecule is CN(CC1COc2ccccc2O1)c1nc(N)nc2c1CCNCC2. The van der Waals surface area contributed by atoms with E-state index in [9.17, 15) is 0 Å². The van der Waals surface area contributed by atoms with Crippen molar-refractivity contribution in [1.82, 2.24) is 15.3 Å². The molecule has 0 spiro atoms. The Kier molecular flexibility index (Phi) is 4.31. The molecule has 0 fully saturated rings. The molecule has 3 N–H and O–H groups in total. The third-order valence-electron chi connectivity index (χ3n) is 4.59. The molecular formula is C18H23N5O2. The number of hydrogen-bond donors (Lipinski definition) is 2. The molecule has 1 aromatic carbocycles. The van der Waals surface area contributed by atoms with Gasteiger partial charge in [0.1, 0.15) is 12.4 Å². The van der Waals surface area contributed by atoms with Gasteiger partial charge in [0.05, 0.1) is 12.2 Å². The van der Waals surface area contributed by atoms with Crippen molar-refractivity contribution in [2.24, 2.45) is 0 Å². The van der Waals surface area contributed by atoms with Gasteiger partial charge in [-0.25, -0.2) is 4.98 Å². The van der Waals surface area contributed by atoms with E-state index in [-0.39, 0.29) is 6.10 Å². The number of para-hydroxylation sites is 2. The van der Waals surface area contributed by atoms with Gasteiger partial charge in [-0.15, -0.1) is 0 Å².